The minimum absolute atomic E-state index is 0.191. The van der Waals surface area contributed by atoms with Crippen LogP contribution < -0.4 is 27.0 Å². The smallest absolute Gasteiger partial charge is 0.328 e. The molecule has 0 spiro atoms. The number of hydrogen-bond donors (Lipinski definition) is 5. The summed E-state index contributed by atoms with van der Waals surface area (Å²) in [5.74, 6) is 0.758. The molecule has 0 saturated carbocycles. The topological polar surface area (TPSA) is 169 Å². The van der Waals surface area contributed by atoms with Crippen LogP contribution in [0.2, 0.25) is 0 Å². The van der Waals surface area contributed by atoms with Crippen LogP contribution in [0.25, 0.3) is 0 Å². The average Bonchev–Trinajstić information content (AvgIpc) is 2.99. The second-order valence-corrected chi connectivity index (χ2v) is 14.4. The molecule has 11 nitrogen and oxygen atoms in total. The fourth-order valence-corrected chi connectivity index (χ4v) is 6.09. The van der Waals surface area contributed by atoms with E-state index in [-0.39, 0.29) is 6.61 Å². The van der Waals surface area contributed by atoms with E-state index in [2.05, 4.69) is 21.3 Å². The summed E-state index contributed by atoms with van der Waals surface area (Å²) in [4.78, 5) is 65.3. The maximum atomic E-state index is 13.5. The van der Waals surface area contributed by atoms with Crippen LogP contribution in [-0.4, -0.2) is 126 Å². The number of carbonyl (C=O) groups is 5. The highest BCUT2D eigenvalue weighted by atomic mass is 32.2. The van der Waals surface area contributed by atoms with Crippen molar-refractivity contribution in [3.63, 3.8) is 0 Å². The number of rotatable bonds is 25. The highest BCUT2D eigenvalue weighted by Crippen LogP contribution is 2.09. The van der Waals surface area contributed by atoms with E-state index in [0.29, 0.717) is 55.1 Å². The standard InChI is InChI=1S/C27H51N5O6S5/c1-7-38-27(37)22(12-17-43-6)32-26(36)21(11-16-42-5)31-25(35)20(10-15-41-4)30-24(34)19(9-14-40-3)29-23(33)18(28)8-13-39-2/h18-22H,7-17,28H2,1-6H3,(H,29,33)(H,30,34)(H,31,35)(H,32,36)/t18-,19-,20-,21-,22-/m0/s1. The van der Waals surface area contributed by atoms with Gasteiger partial charge in [0.15, 0.2) is 0 Å². The van der Waals surface area contributed by atoms with Gasteiger partial charge < -0.3 is 31.7 Å². The molecule has 0 saturated heterocycles. The minimum atomic E-state index is -0.930. The molecule has 0 aliphatic heterocycles. The number of thioether (sulfide) groups is 5. The Kier molecular flexibility index (Phi) is 25.7. The lowest BCUT2D eigenvalue weighted by Crippen LogP contribution is -2.58. The zero-order valence-corrected chi connectivity index (χ0v) is 30.3. The SMILES string of the molecule is CCOC(=O)[C@H](CCSC)NC(=O)[C@H](CCSC)NC(=O)[C@H](CCSC)NC(=O)[C@H](CCSC)NC(=O)[C@@H](N)CCSC. The number of nitrogens with one attached hydrogen (secondary N) is 4. The van der Waals surface area contributed by atoms with E-state index in [1.165, 1.54) is 23.5 Å². The third-order valence-corrected chi connectivity index (χ3v) is 9.42. The van der Waals surface area contributed by atoms with Crippen LogP contribution in [0, 0.1) is 0 Å². The van der Waals surface area contributed by atoms with E-state index in [4.69, 9.17) is 10.5 Å². The molecule has 16 heteroatoms. The van der Waals surface area contributed by atoms with Crippen LogP contribution in [0.15, 0.2) is 0 Å². The van der Waals surface area contributed by atoms with E-state index >= 15 is 0 Å². The number of amides is 4. The Hall–Kier alpha value is -0.940. The number of esters is 1. The van der Waals surface area contributed by atoms with Crippen molar-refractivity contribution < 1.29 is 28.7 Å². The molecular weight excluding hydrogens is 651 g/mol. The van der Waals surface area contributed by atoms with Gasteiger partial charge in [0, 0.05) is 0 Å². The molecule has 0 aromatic rings. The van der Waals surface area contributed by atoms with Gasteiger partial charge >= 0.3 is 5.97 Å². The number of ether oxygens (including phenoxy) is 1. The monoisotopic (exact) mass is 701 g/mol. The van der Waals surface area contributed by atoms with Crippen LogP contribution in [0.1, 0.15) is 39.0 Å². The van der Waals surface area contributed by atoms with Crippen molar-refractivity contribution in [2.75, 3.05) is 66.6 Å². The zero-order valence-electron chi connectivity index (χ0n) is 26.2. The summed E-state index contributed by atoms with van der Waals surface area (Å²) < 4.78 is 5.14. The maximum Gasteiger partial charge on any atom is 0.328 e. The summed E-state index contributed by atoms with van der Waals surface area (Å²) in [6, 6.07) is -4.27. The molecule has 0 bridgehead atoms. The number of hydrogen-bond acceptors (Lipinski definition) is 12. The predicted molar refractivity (Wildman–Crippen MR) is 187 cm³/mol. The molecule has 0 aromatic heterocycles. The lowest BCUT2D eigenvalue weighted by Gasteiger charge is -2.26. The summed E-state index contributed by atoms with van der Waals surface area (Å²) >= 11 is 7.72. The summed E-state index contributed by atoms with van der Waals surface area (Å²) in [7, 11) is 0. The van der Waals surface area contributed by atoms with Crippen LogP contribution in [0.4, 0.5) is 0 Å². The van der Waals surface area contributed by atoms with Gasteiger partial charge in [-0.3, -0.25) is 19.2 Å². The first-order valence-electron chi connectivity index (χ1n) is 14.2. The number of carbonyl (C=O) groups excluding carboxylic acids is 5. The van der Waals surface area contributed by atoms with E-state index in [9.17, 15) is 24.0 Å². The Morgan fingerprint density at radius 1 is 0.535 bits per heavy atom. The molecule has 0 radical (unpaired) electrons. The number of nitrogens with two attached hydrogens (primary N) is 1. The molecule has 0 aromatic carbocycles. The zero-order chi connectivity index (χ0) is 32.6. The Morgan fingerprint density at radius 3 is 1.19 bits per heavy atom. The van der Waals surface area contributed by atoms with Crippen LogP contribution in [0.5, 0.6) is 0 Å². The third kappa shape index (κ3) is 18.6. The summed E-state index contributed by atoms with van der Waals surface area (Å²) in [5, 5.41) is 11.1. The molecule has 43 heavy (non-hydrogen) atoms. The van der Waals surface area contributed by atoms with Crippen molar-refractivity contribution in [3.05, 3.63) is 0 Å². The normalized spacial score (nSPS) is 14.5. The highest BCUT2D eigenvalue weighted by Gasteiger charge is 2.31. The van der Waals surface area contributed by atoms with Gasteiger partial charge in [0.2, 0.25) is 23.6 Å². The molecular formula is C27H51N5O6S5. The second kappa shape index (κ2) is 26.3. The van der Waals surface area contributed by atoms with Crippen LogP contribution >= 0.6 is 58.8 Å². The first-order valence-corrected chi connectivity index (χ1v) is 21.1. The molecule has 0 heterocycles. The molecule has 0 rings (SSSR count). The molecule has 0 fully saturated rings. The Balaban J connectivity index is 5.78. The largest absolute Gasteiger partial charge is 0.464 e. The van der Waals surface area contributed by atoms with Gasteiger partial charge in [0.25, 0.3) is 0 Å². The predicted octanol–water partition coefficient (Wildman–Crippen LogP) is 1.58. The lowest BCUT2D eigenvalue weighted by atomic mass is 10.1. The van der Waals surface area contributed by atoms with Gasteiger partial charge in [0.05, 0.1) is 12.6 Å². The average molecular weight is 702 g/mol. The summed E-state index contributed by atoms with van der Waals surface area (Å²) in [5.41, 5.74) is 6.02. The lowest BCUT2D eigenvalue weighted by molar-refractivity contribution is -0.147. The molecule has 5 atom stereocenters. The molecule has 0 aliphatic rings. The van der Waals surface area contributed by atoms with Crippen molar-refractivity contribution in [1.82, 2.24) is 21.3 Å². The van der Waals surface area contributed by atoms with Gasteiger partial charge in [-0.1, -0.05) is 0 Å². The van der Waals surface area contributed by atoms with Crippen molar-refractivity contribution in [3.8, 4) is 0 Å². The third-order valence-electron chi connectivity index (χ3n) is 6.20. The highest BCUT2D eigenvalue weighted by molar-refractivity contribution is 7.99. The Labute approximate surface area is 278 Å². The fourth-order valence-electron chi connectivity index (χ4n) is 3.71. The fraction of sp³-hybridized carbons (Fsp3) is 0.815. The summed E-state index contributed by atoms with van der Waals surface area (Å²) in [6.45, 7) is 1.89. The van der Waals surface area contributed by atoms with Gasteiger partial charge in [-0.25, -0.2) is 4.79 Å². The summed E-state index contributed by atoms with van der Waals surface area (Å²) in [6.07, 6.45) is 11.4. The molecule has 6 N–H and O–H groups in total. The minimum Gasteiger partial charge on any atom is -0.464 e. The van der Waals surface area contributed by atoms with Crippen LogP contribution in [-0.2, 0) is 28.7 Å². The molecule has 250 valence electrons. The van der Waals surface area contributed by atoms with Crippen LogP contribution in [0.3, 0.4) is 0 Å². The van der Waals surface area contributed by atoms with Crippen molar-refractivity contribution in [2.24, 2.45) is 5.73 Å². The quantitative estimate of drug-likeness (QED) is 0.0874. The first-order chi connectivity index (χ1) is 20.6. The van der Waals surface area contributed by atoms with Gasteiger partial charge in [-0.2, -0.15) is 58.8 Å². The van der Waals surface area contributed by atoms with E-state index in [0.717, 1.165) is 5.75 Å². The molecule has 0 unspecified atom stereocenters. The first kappa shape index (κ1) is 42.1. The van der Waals surface area contributed by atoms with Gasteiger partial charge in [0.1, 0.15) is 24.2 Å². The van der Waals surface area contributed by atoms with Gasteiger partial charge in [-0.15, -0.1) is 0 Å². The van der Waals surface area contributed by atoms with Crippen molar-refractivity contribution >= 4 is 88.4 Å². The van der Waals surface area contributed by atoms with Crippen molar-refractivity contribution in [2.45, 2.75) is 69.2 Å². The van der Waals surface area contributed by atoms with E-state index < -0.39 is 59.8 Å². The Morgan fingerprint density at radius 2 is 0.837 bits per heavy atom. The van der Waals surface area contributed by atoms with E-state index in [1.54, 1.807) is 42.2 Å². The van der Waals surface area contributed by atoms with Crippen molar-refractivity contribution in [1.29, 1.82) is 0 Å². The van der Waals surface area contributed by atoms with Gasteiger partial charge in [-0.05, 0) is 99.1 Å². The molecule has 4 amide bonds. The maximum absolute atomic E-state index is 13.5. The molecule has 0 aliphatic carbocycles. The second-order valence-electron chi connectivity index (χ2n) is 9.51. The van der Waals surface area contributed by atoms with E-state index in [1.807, 2.05) is 31.3 Å². The Bertz CT molecular complexity index is 844.